The van der Waals surface area contributed by atoms with E-state index in [4.69, 9.17) is 4.42 Å². The molecule has 25 heavy (non-hydrogen) atoms. The largest absolute Gasteiger partial charge is 0.407 e. The van der Waals surface area contributed by atoms with Crippen LogP contribution in [-0.2, 0) is 5.75 Å². The lowest BCUT2D eigenvalue weighted by Crippen LogP contribution is -2.11. The SMILES string of the molecule is O=C(Nc1nnc(CSc2ccccc2)o1)c1nc2ccccc2s1. The van der Waals surface area contributed by atoms with Crippen LogP contribution in [0.4, 0.5) is 6.01 Å². The number of benzene rings is 2. The Bertz CT molecular complexity index is 981. The fourth-order valence-corrected chi connectivity index (χ4v) is 3.76. The summed E-state index contributed by atoms with van der Waals surface area (Å²) in [4.78, 5) is 17.7. The van der Waals surface area contributed by atoms with Crippen LogP contribution in [0.1, 0.15) is 15.7 Å². The van der Waals surface area contributed by atoms with Gasteiger partial charge in [-0.2, -0.15) is 0 Å². The van der Waals surface area contributed by atoms with Crippen LogP contribution in [0.2, 0.25) is 0 Å². The summed E-state index contributed by atoms with van der Waals surface area (Å²) in [7, 11) is 0. The van der Waals surface area contributed by atoms with Gasteiger partial charge in [0.25, 0.3) is 5.91 Å². The minimum absolute atomic E-state index is 0.0768. The van der Waals surface area contributed by atoms with Gasteiger partial charge in [0.05, 0.1) is 16.0 Å². The molecule has 0 radical (unpaired) electrons. The molecule has 0 atom stereocenters. The summed E-state index contributed by atoms with van der Waals surface area (Å²) in [6, 6.07) is 17.6. The number of nitrogens with zero attached hydrogens (tertiary/aromatic N) is 3. The predicted molar refractivity (Wildman–Crippen MR) is 97.9 cm³/mol. The highest BCUT2D eigenvalue weighted by Crippen LogP contribution is 2.24. The molecule has 0 saturated carbocycles. The molecule has 0 fully saturated rings. The lowest BCUT2D eigenvalue weighted by molar-refractivity contribution is 0.102. The highest BCUT2D eigenvalue weighted by molar-refractivity contribution is 7.98. The third-order valence-corrected chi connectivity index (χ3v) is 5.31. The van der Waals surface area contributed by atoms with Gasteiger partial charge in [-0.1, -0.05) is 35.4 Å². The van der Waals surface area contributed by atoms with E-state index in [2.05, 4.69) is 20.5 Å². The van der Waals surface area contributed by atoms with E-state index in [0.29, 0.717) is 16.7 Å². The minimum atomic E-state index is -0.355. The van der Waals surface area contributed by atoms with Crippen LogP contribution in [0.3, 0.4) is 0 Å². The number of carbonyl (C=O) groups excluding carboxylic acids is 1. The van der Waals surface area contributed by atoms with Gasteiger partial charge in [0.15, 0.2) is 5.01 Å². The summed E-state index contributed by atoms with van der Waals surface area (Å²) in [6.07, 6.45) is 0. The lowest BCUT2D eigenvalue weighted by atomic mass is 10.3. The van der Waals surface area contributed by atoms with Gasteiger partial charge < -0.3 is 4.42 Å². The predicted octanol–water partition coefficient (Wildman–Crippen LogP) is 4.22. The van der Waals surface area contributed by atoms with E-state index >= 15 is 0 Å². The Morgan fingerprint density at radius 2 is 1.88 bits per heavy atom. The van der Waals surface area contributed by atoms with Crippen molar-refractivity contribution in [2.75, 3.05) is 5.32 Å². The number of carbonyl (C=O) groups is 1. The molecule has 0 bridgehead atoms. The van der Waals surface area contributed by atoms with Gasteiger partial charge in [0.1, 0.15) is 0 Å². The molecule has 1 N–H and O–H groups in total. The molecule has 0 aliphatic carbocycles. The summed E-state index contributed by atoms with van der Waals surface area (Å²) in [5.74, 6) is 0.633. The van der Waals surface area contributed by atoms with Gasteiger partial charge in [-0.15, -0.1) is 28.2 Å². The van der Waals surface area contributed by atoms with Crippen molar-refractivity contribution in [3.05, 3.63) is 65.5 Å². The Hall–Kier alpha value is -2.71. The molecule has 1 amide bonds. The zero-order valence-corrected chi connectivity index (χ0v) is 14.5. The second-order valence-electron chi connectivity index (χ2n) is 5.04. The molecule has 0 unspecified atom stereocenters. The van der Waals surface area contributed by atoms with Gasteiger partial charge >= 0.3 is 6.01 Å². The Kier molecular flexibility index (Phi) is 4.45. The summed E-state index contributed by atoms with van der Waals surface area (Å²) in [6.45, 7) is 0. The number of thiazole rings is 1. The van der Waals surface area contributed by atoms with Crippen LogP contribution in [0.25, 0.3) is 10.2 Å². The number of hydrogen-bond donors (Lipinski definition) is 1. The average Bonchev–Trinajstić information content (AvgIpc) is 3.27. The number of aromatic nitrogens is 3. The van der Waals surface area contributed by atoms with Crippen molar-refractivity contribution in [3.8, 4) is 0 Å². The third-order valence-electron chi connectivity index (χ3n) is 3.28. The monoisotopic (exact) mass is 368 g/mol. The number of fused-ring (bicyclic) bond motifs is 1. The van der Waals surface area contributed by atoms with Gasteiger partial charge in [-0.25, -0.2) is 4.98 Å². The first-order valence-electron chi connectivity index (χ1n) is 7.45. The Labute approximate surface area is 151 Å². The van der Waals surface area contributed by atoms with Crippen LogP contribution < -0.4 is 5.32 Å². The quantitative estimate of drug-likeness (QED) is 0.531. The highest BCUT2D eigenvalue weighted by Gasteiger charge is 2.15. The molecule has 2 aromatic heterocycles. The normalized spacial score (nSPS) is 10.9. The van der Waals surface area contributed by atoms with E-state index in [1.807, 2.05) is 54.6 Å². The number of rotatable bonds is 5. The summed E-state index contributed by atoms with van der Waals surface area (Å²) < 4.78 is 6.43. The standard InChI is InChI=1S/C17H12N4O2S2/c22-15(16-18-12-8-4-5-9-13(12)25-16)19-17-21-20-14(23-17)10-24-11-6-2-1-3-7-11/h1-9H,10H2,(H,19,21,22). The molecule has 0 spiro atoms. The molecule has 4 aromatic rings. The van der Waals surface area contributed by atoms with Crippen LogP contribution in [0.15, 0.2) is 63.9 Å². The Morgan fingerprint density at radius 1 is 1.08 bits per heavy atom. The molecule has 4 rings (SSSR count). The number of amides is 1. The van der Waals surface area contributed by atoms with E-state index in [9.17, 15) is 4.79 Å². The van der Waals surface area contributed by atoms with E-state index < -0.39 is 0 Å². The maximum atomic E-state index is 12.3. The zero-order valence-electron chi connectivity index (χ0n) is 12.9. The van der Waals surface area contributed by atoms with Gasteiger partial charge in [-0.05, 0) is 24.3 Å². The first-order valence-corrected chi connectivity index (χ1v) is 9.25. The number of para-hydroxylation sites is 1. The molecule has 6 nitrogen and oxygen atoms in total. The van der Waals surface area contributed by atoms with Crippen molar-refractivity contribution in [1.82, 2.24) is 15.2 Å². The molecule has 8 heteroatoms. The van der Waals surface area contributed by atoms with E-state index in [1.165, 1.54) is 11.3 Å². The number of thioether (sulfide) groups is 1. The number of hydrogen-bond acceptors (Lipinski definition) is 7. The lowest BCUT2D eigenvalue weighted by Gasteiger charge is -1.97. The fraction of sp³-hybridized carbons (Fsp3) is 0.0588. The Morgan fingerprint density at radius 3 is 2.72 bits per heavy atom. The molecule has 0 aliphatic rings. The minimum Gasteiger partial charge on any atom is -0.407 e. The van der Waals surface area contributed by atoms with Crippen molar-refractivity contribution in [2.24, 2.45) is 0 Å². The molecule has 0 saturated heterocycles. The molecule has 2 heterocycles. The van der Waals surface area contributed by atoms with Crippen LogP contribution >= 0.6 is 23.1 Å². The third kappa shape index (κ3) is 3.70. The zero-order chi connectivity index (χ0) is 17.1. The van der Waals surface area contributed by atoms with Crippen molar-refractivity contribution in [3.63, 3.8) is 0 Å². The van der Waals surface area contributed by atoms with Gasteiger partial charge in [0.2, 0.25) is 5.89 Å². The highest BCUT2D eigenvalue weighted by atomic mass is 32.2. The second kappa shape index (κ2) is 7.04. The van der Waals surface area contributed by atoms with Crippen LogP contribution in [0, 0.1) is 0 Å². The summed E-state index contributed by atoms with van der Waals surface area (Å²) in [5.41, 5.74) is 0.795. The maximum Gasteiger partial charge on any atom is 0.322 e. The molecule has 2 aromatic carbocycles. The maximum absolute atomic E-state index is 12.3. The molecule has 124 valence electrons. The number of anilines is 1. The van der Waals surface area contributed by atoms with Crippen LogP contribution in [0.5, 0.6) is 0 Å². The number of nitrogens with one attached hydrogen (secondary N) is 1. The molecular weight excluding hydrogens is 356 g/mol. The van der Waals surface area contributed by atoms with E-state index in [0.717, 1.165) is 15.1 Å². The fourth-order valence-electron chi connectivity index (χ4n) is 2.14. The van der Waals surface area contributed by atoms with Crippen LogP contribution in [-0.4, -0.2) is 21.1 Å². The van der Waals surface area contributed by atoms with E-state index in [-0.39, 0.29) is 11.9 Å². The second-order valence-corrected chi connectivity index (χ2v) is 7.12. The first kappa shape index (κ1) is 15.8. The van der Waals surface area contributed by atoms with E-state index in [1.54, 1.807) is 11.8 Å². The Balaban J connectivity index is 1.41. The first-order chi connectivity index (χ1) is 12.3. The molecule has 0 aliphatic heterocycles. The summed E-state index contributed by atoms with van der Waals surface area (Å²) in [5, 5.41) is 10.8. The molecular formula is C17H12N4O2S2. The summed E-state index contributed by atoms with van der Waals surface area (Å²) >= 11 is 2.91. The van der Waals surface area contributed by atoms with Crippen molar-refractivity contribution in [2.45, 2.75) is 10.6 Å². The van der Waals surface area contributed by atoms with Crippen molar-refractivity contribution >= 4 is 45.2 Å². The van der Waals surface area contributed by atoms with Crippen molar-refractivity contribution < 1.29 is 9.21 Å². The van der Waals surface area contributed by atoms with Gasteiger partial charge in [0, 0.05) is 4.90 Å². The topological polar surface area (TPSA) is 80.9 Å². The van der Waals surface area contributed by atoms with Crippen molar-refractivity contribution in [1.29, 1.82) is 0 Å². The van der Waals surface area contributed by atoms with Gasteiger partial charge in [-0.3, -0.25) is 10.1 Å². The average molecular weight is 368 g/mol. The smallest absolute Gasteiger partial charge is 0.322 e.